The lowest BCUT2D eigenvalue weighted by molar-refractivity contribution is -0.144. The molecule has 29 heavy (non-hydrogen) atoms. The van der Waals surface area contributed by atoms with E-state index in [4.69, 9.17) is 4.42 Å². The second-order valence-electron chi connectivity index (χ2n) is 8.76. The highest BCUT2D eigenvalue weighted by molar-refractivity contribution is 5.89. The van der Waals surface area contributed by atoms with Crippen molar-refractivity contribution in [1.29, 1.82) is 0 Å². The Morgan fingerprint density at radius 1 is 1.31 bits per heavy atom. The summed E-state index contributed by atoms with van der Waals surface area (Å²) < 4.78 is 5.27. The molecule has 0 spiro atoms. The summed E-state index contributed by atoms with van der Waals surface area (Å²) in [4.78, 5) is 31.1. The molecular formula is C22H29N3O4. The first-order valence-corrected chi connectivity index (χ1v) is 9.91. The molecule has 1 aliphatic rings. The minimum atomic E-state index is -0.678. The number of aliphatic hydroxyl groups is 1. The number of aromatic nitrogens is 1. The number of amides is 2. The maximum atomic E-state index is 12.9. The van der Waals surface area contributed by atoms with Gasteiger partial charge in [-0.25, -0.2) is 4.98 Å². The molecule has 2 N–H and O–H groups in total. The molecule has 3 rings (SSSR count). The predicted octanol–water partition coefficient (Wildman–Crippen LogP) is 2.60. The van der Waals surface area contributed by atoms with Crippen molar-refractivity contribution in [1.82, 2.24) is 15.2 Å². The van der Waals surface area contributed by atoms with E-state index in [0.29, 0.717) is 12.3 Å². The first-order chi connectivity index (χ1) is 13.7. The summed E-state index contributed by atoms with van der Waals surface area (Å²) in [5.74, 6) is 0.107. The Morgan fingerprint density at radius 3 is 2.59 bits per heavy atom. The average molecular weight is 399 g/mol. The standard InChI is InChI=1S/C22H29N3O4/c1-14(22(2,3)4)21(28)25-12-17(26)9-18(25)20(27)24-10-15-5-7-16(8-6-15)19-11-23-13-29-19/h5-8,11,13-14,17-18,26H,9-10,12H2,1-4H3,(H,24,27)/t14?,17-,18?/m1/s1. The van der Waals surface area contributed by atoms with Gasteiger partial charge < -0.3 is 19.7 Å². The third-order valence-electron chi connectivity index (χ3n) is 5.67. The van der Waals surface area contributed by atoms with E-state index in [2.05, 4.69) is 10.3 Å². The number of β-amino-alcohol motifs (C(OH)–C–C–N with tert-alkyl or cyclic N) is 1. The fraction of sp³-hybridized carbons (Fsp3) is 0.500. The van der Waals surface area contributed by atoms with Gasteiger partial charge in [0.1, 0.15) is 6.04 Å². The van der Waals surface area contributed by atoms with Gasteiger partial charge in [-0.05, 0) is 11.0 Å². The summed E-state index contributed by atoms with van der Waals surface area (Å²) in [7, 11) is 0. The number of nitrogens with one attached hydrogen (secondary N) is 1. The van der Waals surface area contributed by atoms with Crippen molar-refractivity contribution in [3.8, 4) is 11.3 Å². The molecular weight excluding hydrogens is 370 g/mol. The molecule has 7 nitrogen and oxygen atoms in total. The van der Waals surface area contributed by atoms with E-state index >= 15 is 0 Å². The van der Waals surface area contributed by atoms with Gasteiger partial charge in [0, 0.05) is 31.0 Å². The number of carbonyl (C=O) groups is 2. The van der Waals surface area contributed by atoms with Crippen molar-refractivity contribution in [2.45, 2.75) is 52.8 Å². The number of benzene rings is 1. The van der Waals surface area contributed by atoms with E-state index in [9.17, 15) is 14.7 Å². The highest BCUT2D eigenvalue weighted by atomic mass is 16.3. The molecule has 0 aliphatic carbocycles. The SMILES string of the molecule is CC(C(=O)N1C[C@H](O)CC1C(=O)NCc1ccc(-c2cnco2)cc1)C(C)(C)C. The van der Waals surface area contributed by atoms with Gasteiger partial charge in [-0.1, -0.05) is 52.0 Å². The average Bonchev–Trinajstić information content (AvgIpc) is 3.34. The molecule has 156 valence electrons. The van der Waals surface area contributed by atoms with Gasteiger partial charge in [-0.3, -0.25) is 9.59 Å². The molecule has 1 fully saturated rings. The molecule has 1 saturated heterocycles. The minimum absolute atomic E-state index is 0.0920. The molecule has 0 radical (unpaired) electrons. The first kappa shape index (κ1) is 21.0. The Balaban J connectivity index is 1.62. The normalized spacial score (nSPS) is 20.5. The van der Waals surface area contributed by atoms with E-state index in [1.165, 1.54) is 11.3 Å². The fourth-order valence-corrected chi connectivity index (χ4v) is 3.38. The van der Waals surface area contributed by atoms with E-state index in [1.807, 2.05) is 52.0 Å². The summed E-state index contributed by atoms with van der Waals surface area (Å²) in [6.45, 7) is 8.42. The highest BCUT2D eigenvalue weighted by Gasteiger charge is 2.42. The largest absolute Gasteiger partial charge is 0.444 e. The van der Waals surface area contributed by atoms with Crippen LogP contribution in [0.5, 0.6) is 0 Å². The van der Waals surface area contributed by atoms with Crippen LogP contribution in [-0.2, 0) is 16.1 Å². The highest BCUT2D eigenvalue weighted by Crippen LogP contribution is 2.30. The van der Waals surface area contributed by atoms with E-state index in [0.717, 1.165) is 11.1 Å². The van der Waals surface area contributed by atoms with Crippen molar-refractivity contribution in [3.63, 3.8) is 0 Å². The third-order valence-corrected chi connectivity index (χ3v) is 5.67. The Morgan fingerprint density at radius 2 is 2.00 bits per heavy atom. The Hall–Kier alpha value is -2.67. The zero-order valence-corrected chi connectivity index (χ0v) is 17.4. The second-order valence-corrected chi connectivity index (χ2v) is 8.76. The Kier molecular flexibility index (Phi) is 6.07. The van der Waals surface area contributed by atoms with Crippen molar-refractivity contribution >= 4 is 11.8 Å². The summed E-state index contributed by atoms with van der Waals surface area (Å²) >= 11 is 0. The van der Waals surface area contributed by atoms with Crippen LogP contribution in [0.2, 0.25) is 0 Å². The van der Waals surface area contributed by atoms with E-state index < -0.39 is 12.1 Å². The van der Waals surface area contributed by atoms with Crippen LogP contribution in [0.1, 0.15) is 39.7 Å². The third kappa shape index (κ3) is 4.85. The molecule has 1 aliphatic heterocycles. The Labute approximate surface area is 171 Å². The number of hydrogen-bond donors (Lipinski definition) is 2. The second kappa shape index (κ2) is 8.37. The molecule has 3 atom stereocenters. The first-order valence-electron chi connectivity index (χ1n) is 9.91. The molecule has 0 bridgehead atoms. The fourth-order valence-electron chi connectivity index (χ4n) is 3.38. The summed E-state index contributed by atoms with van der Waals surface area (Å²) in [5, 5.41) is 13.0. The number of aliphatic hydroxyl groups excluding tert-OH is 1. The van der Waals surface area contributed by atoms with Gasteiger partial charge in [-0.15, -0.1) is 0 Å². The number of likely N-dealkylation sites (tertiary alicyclic amines) is 1. The lowest BCUT2D eigenvalue weighted by Crippen LogP contribution is -2.49. The quantitative estimate of drug-likeness (QED) is 0.806. The summed E-state index contributed by atoms with van der Waals surface area (Å²) in [6.07, 6.45) is 2.61. The Bertz CT molecular complexity index is 840. The van der Waals surface area contributed by atoms with Crippen LogP contribution < -0.4 is 5.32 Å². The lowest BCUT2D eigenvalue weighted by atomic mass is 9.81. The number of carbonyl (C=O) groups excluding carboxylic acids is 2. The van der Waals surface area contributed by atoms with Crippen LogP contribution >= 0.6 is 0 Å². The maximum Gasteiger partial charge on any atom is 0.243 e. The van der Waals surface area contributed by atoms with Gasteiger partial charge in [-0.2, -0.15) is 0 Å². The van der Waals surface area contributed by atoms with Crippen LogP contribution in [0, 0.1) is 11.3 Å². The molecule has 2 aromatic rings. The number of rotatable bonds is 5. The molecule has 1 aromatic carbocycles. The van der Waals surface area contributed by atoms with Gasteiger partial charge in [0.05, 0.1) is 12.3 Å². The number of oxazole rings is 1. The monoisotopic (exact) mass is 399 g/mol. The maximum absolute atomic E-state index is 12.9. The van der Waals surface area contributed by atoms with Crippen molar-refractivity contribution in [2.24, 2.45) is 11.3 Å². The minimum Gasteiger partial charge on any atom is -0.444 e. The summed E-state index contributed by atoms with van der Waals surface area (Å²) in [5.41, 5.74) is 1.63. The van der Waals surface area contributed by atoms with Gasteiger partial charge in [0.15, 0.2) is 12.2 Å². The van der Waals surface area contributed by atoms with Crippen LogP contribution in [0.3, 0.4) is 0 Å². The smallest absolute Gasteiger partial charge is 0.243 e. The van der Waals surface area contributed by atoms with E-state index in [-0.39, 0.29) is 36.1 Å². The molecule has 2 unspecified atom stereocenters. The lowest BCUT2D eigenvalue weighted by Gasteiger charge is -2.32. The molecule has 1 aromatic heterocycles. The molecule has 2 amide bonds. The van der Waals surface area contributed by atoms with Crippen LogP contribution in [0.25, 0.3) is 11.3 Å². The molecule has 2 heterocycles. The van der Waals surface area contributed by atoms with Gasteiger partial charge >= 0.3 is 0 Å². The number of hydrogen-bond acceptors (Lipinski definition) is 5. The zero-order valence-electron chi connectivity index (χ0n) is 17.4. The summed E-state index contributed by atoms with van der Waals surface area (Å²) in [6, 6.07) is 6.98. The van der Waals surface area contributed by atoms with Gasteiger partial charge in [0.25, 0.3) is 0 Å². The predicted molar refractivity (Wildman–Crippen MR) is 109 cm³/mol. The topological polar surface area (TPSA) is 95.7 Å². The number of nitrogens with zero attached hydrogens (tertiary/aromatic N) is 2. The van der Waals surface area contributed by atoms with Crippen LogP contribution in [0.4, 0.5) is 0 Å². The van der Waals surface area contributed by atoms with Gasteiger partial charge in [0.2, 0.25) is 11.8 Å². The molecule has 7 heteroatoms. The zero-order chi connectivity index (χ0) is 21.2. The molecule has 0 saturated carbocycles. The van der Waals surface area contributed by atoms with Crippen molar-refractivity contribution < 1.29 is 19.1 Å². The van der Waals surface area contributed by atoms with Crippen LogP contribution in [0.15, 0.2) is 41.3 Å². The van der Waals surface area contributed by atoms with Crippen LogP contribution in [-0.4, -0.2) is 45.5 Å². The van der Waals surface area contributed by atoms with Crippen molar-refractivity contribution in [3.05, 3.63) is 42.4 Å². The van der Waals surface area contributed by atoms with Crippen molar-refractivity contribution in [2.75, 3.05) is 6.54 Å². The van der Waals surface area contributed by atoms with E-state index in [1.54, 1.807) is 6.20 Å².